The summed E-state index contributed by atoms with van der Waals surface area (Å²) in [5.41, 5.74) is 1.81. The van der Waals surface area contributed by atoms with Crippen molar-refractivity contribution >= 4 is 29.2 Å². The molecule has 0 aliphatic heterocycles. The van der Waals surface area contributed by atoms with Crippen molar-refractivity contribution in [3.63, 3.8) is 0 Å². The van der Waals surface area contributed by atoms with Crippen LogP contribution in [0.4, 0.5) is 11.4 Å². The number of rotatable bonds is 6. The monoisotopic (exact) mass is 342 g/mol. The molecule has 0 aromatic heterocycles. The van der Waals surface area contributed by atoms with Crippen LogP contribution in [0.5, 0.6) is 5.75 Å². The summed E-state index contributed by atoms with van der Waals surface area (Å²) in [4.78, 5) is 34.1. The van der Waals surface area contributed by atoms with Gasteiger partial charge < -0.3 is 20.5 Å². The smallest absolute Gasteiger partial charge is 0.335 e. The Morgan fingerprint density at radius 3 is 2.52 bits per heavy atom. The number of benzene rings is 2. The number of carbonyl (C=O) groups is 3. The molecule has 0 saturated heterocycles. The van der Waals surface area contributed by atoms with Crippen LogP contribution in [-0.4, -0.2) is 29.5 Å². The predicted octanol–water partition coefficient (Wildman–Crippen LogP) is 2.67. The summed E-state index contributed by atoms with van der Waals surface area (Å²) in [7, 11) is 0. The van der Waals surface area contributed by atoms with Crippen LogP contribution in [-0.2, 0) is 9.59 Å². The number of ether oxygens (including phenoxy) is 1. The van der Waals surface area contributed by atoms with E-state index in [1.54, 1.807) is 37.3 Å². The van der Waals surface area contributed by atoms with Crippen LogP contribution in [0.1, 0.15) is 22.8 Å². The second-order valence-corrected chi connectivity index (χ2v) is 5.38. The van der Waals surface area contributed by atoms with Gasteiger partial charge in [0.05, 0.1) is 5.56 Å². The van der Waals surface area contributed by atoms with Crippen molar-refractivity contribution in [2.24, 2.45) is 0 Å². The van der Waals surface area contributed by atoms with E-state index in [0.29, 0.717) is 17.1 Å². The highest BCUT2D eigenvalue weighted by molar-refractivity contribution is 5.95. The number of carboxylic acids is 1. The topological polar surface area (TPSA) is 105 Å². The Hall–Kier alpha value is -3.35. The molecule has 25 heavy (non-hydrogen) atoms. The molecule has 2 rings (SSSR count). The largest absolute Gasteiger partial charge is 0.484 e. The van der Waals surface area contributed by atoms with Gasteiger partial charge in [0.2, 0.25) is 5.91 Å². The van der Waals surface area contributed by atoms with Gasteiger partial charge in [0.15, 0.2) is 6.61 Å². The molecule has 2 aromatic rings. The van der Waals surface area contributed by atoms with Crippen molar-refractivity contribution in [3.8, 4) is 5.75 Å². The van der Waals surface area contributed by atoms with Crippen LogP contribution < -0.4 is 15.4 Å². The molecule has 0 aliphatic rings. The Kier molecular flexibility index (Phi) is 5.73. The molecule has 0 radical (unpaired) electrons. The quantitative estimate of drug-likeness (QED) is 0.748. The number of aromatic carboxylic acids is 1. The highest BCUT2D eigenvalue weighted by Crippen LogP contribution is 2.19. The molecule has 7 heteroatoms. The highest BCUT2D eigenvalue weighted by Gasteiger charge is 2.10. The molecule has 130 valence electrons. The number of carboxylic acid groups (broad SMARTS) is 1. The zero-order chi connectivity index (χ0) is 18.4. The van der Waals surface area contributed by atoms with Gasteiger partial charge in [0, 0.05) is 24.4 Å². The Bertz CT molecular complexity index is 817. The molecule has 0 unspecified atom stereocenters. The number of amides is 2. The first-order chi connectivity index (χ1) is 11.8. The summed E-state index contributed by atoms with van der Waals surface area (Å²) >= 11 is 0. The fraction of sp³-hybridized carbons (Fsp3) is 0.167. The fourth-order valence-electron chi connectivity index (χ4n) is 2.09. The summed E-state index contributed by atoms with van der Waals surface area (Å²) in [6.45, 7) is 2.91. The maximum absolute atomic E-state index is 12.0. The van der Waals surface area contributed by atoms with E-state index >= 15 is 0 Å². The van der Waals surface area contributed by atoms with Crippen molar-refractivity contribution in [2.45, 2.75) is 13.8 Å². The van der Waals surface area contributed by atoms with Gasteiger partial charge in [-0.1, -0.05) is 12.1 Å². The lowest BCUT2D eigenvalue weighted by atomic mass is 10.1. The average molecular weight is 342 g/mol. The van der Waals surface area contributed by atoms with Gasteiger partial charge in [-0.2, -0.15) is 0 Å². The first-order valence-electron chi connectivity index (χ1n) is 7.49. The van der Waals surface area contributed by atoms with Crippen LogP contribution in [0.15, 0.2) is 42.5 Å². The molecule has 2 aromatic carbocycles. The van der Waals surface area contributed by atoms with E-state index in [-0.39, 0.29) is 18.1 Å². The molecule has 3 N–H and O–H groups in total. The number of hydrogen-bond acceptors (Lipinski definition) is 4. The van der Waals surface area contributed by atoms with Crippen molar-refractivity contribution in [3.05, 3.63) is 53.6 Å². The van der Waals surface area contributed by atoms with Crippen molar-refractivity contribution in [1.82, 2.24) is 0 Å². The van der Waals surface area contributed by atoms with Crippen molar-refractivity contribution < 1.29 is 24.2 Å². The van der Waals surface area contributed by atoms with Crippen molar-refractivity contribution in [2.75, 3.05) is 17.2 Å². The lowest BCUT2D eigenvalue weighted by Crippen LogP contribution is -2.21. The van der Waals surface area contributed by atoms with Crippen LogP contribution in [0, 0.1) is 6.92 Å². The zero-order valence-electron chi connectivity index (χ0n) is 13.8. The zero-order valence-corrected chi connectivity index (χ0v) is 13.8. The molecule has 7 nitrogen and oxygen atoms in total. The van der Waals surface area contributed by atoms with Gasteiger partial charge >= 0.3 is 5.97 Å². The number of carbonyl (C=O) groups excluding carboxylic acids is 2. The fourth-order valence-corrected chi connectivity index (χ4v) is 2.09. The van der Waals surface area contributed by atoms with Crippen LogP contribution >= 0.6 is 0 Å². The van der Waals surface area contributed by atoms with E-state index < -0.39 is 11.9 Å². The van der Waals surface area contributed by atoms with Gasteiger partial charge in [0.1, 0.15) is 5.75 Å². The van der Waals surface area contributed by atoms with E-state index in [9.17, 15) is 14.4 Å². The second-order valence-electron chi connectivity index (χ2n) is 5.38. The molecule has 0 bridgehead atoms. The number of anilines is 2. The molecular weight excluding hydrogens is 324 g/mol. The standard InChI is InChI=1S/C18H18N2O5/c1-11-6-7-13(18(23)24)8-16(11)20-17(22)10-25-15-5-3-4-14(9-15)19-12(2)21/h3-9H,10H2,1-2H3,(H,19,21)(H,20,22)(H,23,24). The third kappa shape index (κ3) is 5.35. The molecule has 0 saturated carbocycles. The normalized spacial score (nSPS) is 10.0. The molecule has 0 spiro atoms. The minimum absolute atomic E-state index is 0.0878. The lowest BCUT2D eigenvalue weighted by molar-refractivity contribution is -0.118. The van der Waals surface area contributed by atoms with Crippen LogP contribution in [0.25, 0.3) is 0 Å². The average Bonchev–Trinajstić information content (AvgIpc) is 2.54. The van der Waals surface area contributed by atoms with E-state index in [0.717, 1.165) is 5.56 Å². The molecule has 0 atom stereocenters. The number of hydrogen-bond donors (Lipinski definition) is 3. The van der Waals surface area contributed by atoms with Crippen LogP contribution in [0.2, 0.25) is 0 Å². The van der Waals surface area contributed by atoms with E-state index in [4.69, 9.17) is 9.84 Å². The van der Waals surface area contributed by atoms with E-state index in [2.05, 4.69) is 10.6 Å². The van der Waals surface area contributed by atoms with Gasteiger partial charge in [-0.05, 0) is 36.8 Å². The van der Waals surface area contributed by atoms with Gasteiger partial charge in [-0.3, -0.25) is 9.59 Å². The minimum atomic E-state index is -1.07. The molecule has 0 heterocycles. The SMILES string of the molecule is CC(=O)Nc1cccc(OCC(=O)Nc2cc(C(=O)O)ccc2C)c1. The summed E-state index contributed by atoms with van der Waals surface area (Å²) < 4.78 is 5.40. The Morgan fingerprint density at radius 1 is 1.08 bits per heavy atom. The first kappa shape index (κ1) is 18.0. The molecule has 0 aliphatic carbocycles. The summed E-state index contributed by atoms with van der Waals surface area (Å²) in [5, 5.41) is 14.3. The second kappa shape index (κ2) is 7.96. The summed E-state index contributed by atoms with van der Waals surface area (Å²) in [6, 6.07) is 11.1. The first-order valence-corrected chi connectivity index (χ1v) is 7.49. The molecular formula is C18H18N2O5. The maximum Gasteiger partial charge on any atom is 0.335 e. The number of aryl methyl sites for hydroxylation is 1. The third-order valence-electron chi connectivity index (χ3n) is 3.28. The Labute approximate surface area is 144 Å². The van der Waals surface area contributed by atoms with Gasteiger partial charge in [0.25, 0.3) is 5.91 Å². The minimum Gasteiger partial charge on any atom is -0.484 e. The van der Waals surface area contributed by atoms with E-state index in [1.165, 1.54) is 19.1 Å². The predicted molar refractivity (Wildman–Crippen MR) is 93.0 cm³/mol. The Morgan fingerprint density at radius 2 is 1.84 bits per heavy atom. The molecule has 2 amide bonds. The lowest BCUT2D eigenvalue weighted by Gasteiger charge is -2.11. The van der Waals surface area contributed by atoms with E-state index in [1.807, 2.05) is 0 Å². The van der Waals surface area contributed by atoms with Gasteiger partial charge in [-0.25, -0.2) is 4.79 Å². The highest BCUT2D eigenvalue weighted by atomic mass is 16.5. The number of nitrogens with one attached hydrogen (secondary N) is 2. The Balaban J connectivity index is 1.98. The molecule has 0 fully saturated rings. The third-order valence-corrected chi connectivity index (χ3v) is 3.28. The maximum atomic E-state index is 12.0. The summed E-state index contributed by atoms with van der Waals surface area (Å²) in [6.07, 6.45) is 0. The summed E-state index contributed by atoms with van der Waals surface area (Å²) in [5.74, 6) is -1.27. The van der Waals surface area contributed by atoms with Gasteiger partial charge in [-0.15, -0.1) is 0 Å². The van der Waals surface area contributed by atoms with Crippen LogP contribution in [0.3, 0.4) is 0 Å². The van der Waals surface area contributed by atoms with Crippen molar-refractivity contribution in [1.29, 1.82) is 0 Å².